The molecule has 7 heteroatoms. The third-order valence-corrected chi connectivity index (χ3v) is 3.39. The summed E-state index contributed by atoms with van der Waals surface area (Å²) >= 11 is 0. The van der Waals surface area contributed by atoms with Gasteiger partial charge < -0.3 is 5.32 Å². The van der Waals surface area contributed by atoms with E-state index in [2.05, 4.69) is 10.3 Å². The van der Waals surface area contributed by atoms with Gasteiger partial charge in [0.05, 0.1) is 11.1 Å². The quantitative estimate of drug-likeness (QED) is 0.794. The maximum Gasteiger partial charge on any atom is 0.263 e. The third-order valence-electron chi connectivity index (χ3n) is 3.39. The van der Waals surface area contributed by atoms with Crippen molar-refractivity contribution in [3.8, 4) is 0 Å². The van der Waals surface area contributed by atoms with Gasteiger partial charge in [0.1, 0.15) is 0 Å². The largest absolute Gasteiger partial charge is 0.317 e. The van der Waals surface area contributed by atoms with Gasteiger partial charge in [0.2, 0.25) is 0 Å². The minimum atomic E-state index is -0.190. The molecule has 2 aliphatic rings. The Kier molecular flexibility index (Phi) is 5.29. The van der Waals surface area contributed by atoms with E-state index in [4.69, 9.17) is 0 Å². The van der Waals surface area contributed by atoms with Crippen LogP contribution in [0.15, 0.2) is 18.5 Å². The molecule has 3 rings (SSSR count). The van der Waals surface area contributed by atoms with Gasteiger partial charge in [0.15, 0.2) is 0 Å². The van der Waals surface area contributed by atoms with Gasteiger partial charge in [0, 0.05) is 18.4 Å². The molecule has 1 N–H and O–H groups in total. The van der Waals surface area contributed by atoms with Gasteiger partial charge in [0.25, 0.3) is 11.8 Å². The fraction of sp³-hybridized carbons (Fsp3) is 0.417. The summed E-state index contributed by atoms with van der Waals surface area (Å²) in [6.45, 7) is 1.71. The van der Waals surface area contributed by atoms with Crippen LogP contribution in [0.3, 0.4) is 0 Å². The van der Waals surface area contributed by atoms with Crippen molar-refractivity contribution < 1.29 is 9.59 Å². The zero-order valence-electron chi connectivity index (χ0n) is 10.2. The predicted octanol–water partition coefficient (Wildman–Crippen LogP) is 1.27. The van der Waals surface area contributed by atoms with E-state index in [0.29, 0.717) is 11.1 Å². The van der Waals surface area contributed by atoms with Crippen LogP contribution in [-0.4, -0.2) is 40.8 Å². The lowest BCUT2D eigenvalue weighted by Gasteiger charge is -2.29. The number of fused-ring (bicyclic) bond motifs is 1. The highest BCUT2D eigenvalue weighted by Crippen LogP contribution is 2.26. The molecule has 1 aromatic heterocycles. The smallest absolute Gasteiger partial charge is 0.263 e. The molecule has 2 aliphatic heterocycles. The zero-order valence-corrected chi connectivity index (χ0v) is 11.8. The maximum absolute atomic E-state index is 12.2. The first kappa shape index (κ1) is 15.9. The highest BCUT2D eigenvalue weighted by atomic mass is 35.5. The monoisotopic (exact) mass is 303 g/mol. The van der Waals surface area contributed by atoms with E-state index < -0.39 is 0 Å². The lowest BCUT2D eigenvalue weighted by atomic mass is 10.1. The molecular weight excluding hydrogens is 289 g/mol. The lowest BCUT2D eigenvalue weighted by Crippen LogP contribution is -2.45. The van der Waals surface area contributed by atoms with Gasteiger partial charge in [-0.1, -0.05) is 0 Å². The van der Waals surface area contributed by atoms with Crippen LogP contribution in [0.4, 0.5) is 0 Å². The topological polar surface area (TPSA) is 62.3 Å². The molecule has 0 aliphatic carbocycles. The Morgan fingerprint density at radius 3 is 2.37 bits per heavy atom. The summed E-state index contributed by atoms with van der Waals surface area (Å²) < 4.78 is 0. The average molecular weight is 304 g/mol. The van der Waals surface area contributed by atoms with Crippen LogP contribution in [0.1, 0.15) is 33.6 Å². The van der Waals surface area contributed by atoms with Crippen LogP contribution in [0.25, 0.3) is 0 Å². The molecule has 1 aromatic rings. The summed E-state index contributed by atoms with van der Waals surface area (Å²) in [4.78, 5) is 29.6. The van der Waals surface area contributed by atoms with Gasteiger partial charge in [-0.15, -0.1) is 24.8 Å². The van der Waals surface area contributed by atoms with Crippen LogP contribution in [0, 0.1) is 0 Å². The van der Waals surface area contributed by atoms with Crippen molar-refractivity contribution in [2.75, 3.05) is 13.1 Å². The molecular formula is C12H15Cl2N3O2. The van der Waals surface area contributed by atoms with E-state index in [1.54, 1.807) is 12.3 Å². The number of hydrogen-bond donors (Lipinski definition) is 1. The van der Waals surface area contributed by atoms with Crippen LogP contribution in [0.5, 0.6) is 0 Å². The summed E-state index contributed by atoms with van der Waals surface area (Å²) in [5.41, 5.74) is 0.930. The zero-order chi connectivity index (χ0) is 11.8. The van der Waals surface area contributed by atoms with E-state index >= 15 is 0 Å². The maximum atomic E-state index is 12.2. The standard InChI is InChI=1S/C12H13N3O2.2ClH/c16-11-9-3-6-14-7-10(9)12(17)15(11)8-1-4-13-5-2-8;;/h3,6-8,13H,1-2,4-5H2;2*1H. The first-order valence-electron chi connectivity index (χ1n) is 5.81. The molecule has 0 spiro atoms. The van der Waals surface area contributed by atoms with Crippen LogP contribution >= 0.6 is 24.8 Å². The Morgan fingerprint density at radius 1 is 1.11 bits per heavy atom. The normalized spacial score (nSPS) is 18.6. The van der Waals surface area contributed by atoms with E-state index in [1.165, 1.54) is 11.1 Å². The van der Waals surface area contributed by atoms with E-state index in [1.807, 2.05) is 0 Å². The first-order chi connectivity index (χ1) is 8.29. The molecule has 0 radical (unpaired) electrons. The highest BCUT2D eigenvalue weighted by Gasteiger charge is 2.40. The summed E-state index contributed by atoms with van der Waals surface area (Å²) in [7, 11) is 0. The van der Waals surface area contributed by atoms with Crippen molar-refractivity contribution in [3.63, 3.8) is 0 Å². The molecule has 0 saturated carbocycles. The van der Waals surface area contributed by atoms with E-state index in [0.717, 1.165) is 25.9 Å². The number of aromatic nitrogens is 1. The molecule has 1 fully saturated rings. The number of nitrogens with zero attached hydrogens (tertiary/aromatic N) is 2. The van der Waals surface area contributed by atoms with Gasteiger partial charge in [-0.25, -0.2) is 0 Å². The summed E-state index contributed by atoms with van der Waals surface area (Å²) in [5, 5.41) is 3.23. The Balaban J connectivity index is 0.000000902. The van der Waals surface area contributed by atoms with Crippen molar-refractivity contribution in [3.05, 3.63) is 29.6 Å². The molecule has 3 heterocycles. The number of amides is 2. The second-order valence-electron chi connectivity index (χ2n) is 4.38. The Labute approximate surface area is 123 Å². The molecule has 1 saturated heterocycles. The number of rotatable bonds is 1. The van der Waals surface area contributed by atoms with Crippen molar-refractivity contribution >= 4 is 36.6 Å². The number of nitrogens with one attached hydrogen (secondary N) is 1. The van der Waals surface area contributed by atoms with Gasteiger partial charge in [-0.05, 0) is 32.0 Å². The number of pyridine rings is 1. The molecule has 104 valence electrons. The number of carbonyl (C=O) groups excluding carboxylic acids is 2. The summed E-state index contributed by atoms with van der Waals surface area (Å²) in [6, 6.07) is 1.65. The first-order valence-corrected chi connectivity index (χ1v) is 5.81. The second kappa shape index (κ2) is 6.32. The summed E-state index contributed by atoms with van der Waals surface area (Å²) in [6.07, 6.45) is 4.70. The van der Waals surface area contributed by atoms with Gasteiger partial charge in [-0.3, -0.25) is 19.5 Å². The van der Waals surface area contributed by atoms with E-state index in [9.17, 15) is 9.59 Å². The van der Waals surface area contributed by atoms with Crippen LogP contribution in [-0.2, 0) is 0 Å². The fourth-order valence-corrected chi connectivity index (χ4v) is 2.50. The number of hydrogen-bond acceptors (Lipinski definition) is 4. The molecule has 19 heavy (non-hydrogen) atoms. The molecule has 0 unspecified atom stereocenters. The van der Waals surface area contributed by atoms with Crippen molar-refractivity contribution in [2.45, 2.75) is 18.9 Å². The molecule has 0 atom stereocenters. The fourth-order valence-electron chi connectivity index (χ4n) is 2.50. The Hall–Kier alpha value is -1.17. The number of imide groups is 1. The average Bonchev–Trinajstić information content (AvgIpc) is 2.64. The number of piperidine rings is 1. The lowest BCUT2D eigenvalue weighted by molar-refractivity contribution is 0.0556. The molecule has 0 bridgehead atoms. The minimum Gasteiger partial charge on any atom is -0.317 e. The molecule has 5 nitrogen and oxygen atoms in total. The molecule has 0 aromatic carbocycles. The van der Waals surface area contributed by atoms with Crippen LogP contribution < -0.4 is 5.32 Å². The SMILES string of the molecule is Cl.Cl.O=C1c2ccncc2C(=O)N1C1CCNCC1. The Bertz CT molecular complexity index is 455. The van der Waals surface area contributed by atoms with Gasteiger partial charge >= 0.3 is 0 Å². The number of halogens is 2. The van der Waals surface area contributed by atoms with Gasteiger partial charge in [-0.2, -0.15) is 0 Å². The Morgan fingerprint density at radius 2 is 1.74 bits per heavy atom. The summed E-state index contributed by atoms with van der Waals surface area (Å²) in [5.74, 6) is -0.357. The highest BCUT2D eigenvalue weighted by molar-refractivity contribution is 6.21. The second-order valence-corrected chi connectivity index (χ2v) is 4.38. The predicted molar refractivity (Wildman–Crippen MR) is 75.1 cm³/mol. The van der Waals surface area contributed by atoms with Crippen molar-refractivity contribution in [2.24, 2.45) is 0 Å². The van der Waals surface area contributed by atoms with Crippen LogP contribution in [0.2, 0.25) is 0 Å². The third kappa shape index (κ3) is 2.59. The van der Waals surface area contributed by atoms with Crippen molar-refractivity contribution in [1.82, 2.24) is 15.2 Å². The number of carbonyl (C=O) groups is 2. The molecule has 2 amide bonds. The minimum absolute atomic E-state index is 0. The van der Waals surface area contributed by atoms with Crippen molar-refractivity contribution in [1.29, 1.82) is 0 Å². The van der Waals surface area contributed by atoms with E-state index in [-0.39, 0.29) is 42.7 Å².